The van der Waals surface area contributed by atoms with Gasteiger partial charge in [0.25, 0.3) is 5.91 Å². The second-order valence-corrected chi connectivity index (χ2v) is 7.56. The number of carbonyl (C=O) groups is 1. The summed E-state index contributed by atoms with van der Waals surface area (Å²) >= 11 is 0. The fourth-order valence-corrected chi connectivity index (χ4v) is 3.50. The Morgan fingerprint density at radius 2 is 2.03 bits per heavy atom. The molecule has 2 aromatic carbocycles. The van der Waals surface area contributed by atoms with E-state index in [9.17, 15) is 9.90 Å². The Hall–Kier alpha value is -2.90. The Balaban J connectivity index is 1.58. The summed E-state index contributed by atoms with van der Waals surface area (Å²) in [5.41, 5.74) is 2.82. The van der Waals surface area contributed by atoms with Gasteiger partial charge in [-0.3, -0.25) is 4.79 Å². The molecule has 0 aliphatic carbocycles. The fraction of sp³-hybridized carbons (Fsp3) is 0.417. The summed E-state index contributed by atoms with van der Waals surface area (Å²) in [6, 6.07) is 17.6. The summed E-state index contributed by atoms with van der Waals surface area (Å²) in [5.74, 6) is 0.580. The molecule has 0 bridgehead atoms. The molecule has 166 valence electrons. The van der Waals surface area contributed by atoms with E-state index < -0.39 is 0 Å². The zero-order valence-electron chi connectivity index (χ0n) is 18.0. The second kappa shape index (κ2) is 12.1. The van der Waals surface area contributed by atoms with Crippen molar-refractivity contribution in [3.63, 3.8) is 0 Å². The monoisotopic (exact) mass is 424 g/mol. The number of ether oxygens (including phenoxy) is 1. The largest absolute Gasteiger partial charge is 0.396 e. The number of guanidine groups is 1. The number of nitrogens with one attached hydrogen (secondary N) is 3. The van der Waals surface area contributed by atoms with Gasteiger partial charge < -0.3 is 25.8 Å². The van der Waals surface area contributed by atoms with Gasteiger partial charge in [0.2, 0.25) is 0 Å². The lowest BCUT2D eigenvalue weighted by Crippen LogP contribution is -2.39. The van der Waals surface area contributed by atoms with E-state index in [2.05, 4.69) is 20.9 Å². The topological polar surface area (TPSA) is 95.0 Å². The summed E-state index contributed by atoms with van der Waals surface area (Å²) in [4.78, 5) is 16.9. The molecule has 1 fully saturated rings. The lowest BCUT2D eigenvalue weighted by Gasteiger charge is -2.18. The number of nitrogens with zero attached hydrogens (tertiary/aromatic N) is 1. The molecule has 1 saturated heterocycles. The molecule has 7 nitrogen and oxygen atoms in total. The highest BCUT2D eigenvalue weighted by atomic mass is 16.5. The normalized spacial score (nSPS) is 17.2. The minimum atomic E-state index is -0.352. The molecule has 0 aromatic heterocycles. The molecule has 31 heavy (non-hydrogen) atoms. The average molecular weight is 425 g/mol. The minimum absolute atomic E-state index is 0.0126. The number of aliphatic imine (C=N–C) groups is 1. The molecule has 1 amide bonds. The zero-order chi connectivity index (χ0) is 21.9. The Bertz CT molecular complexity index is 851. The molecule has 2 atom stereocenters. The van der Waals surface area contributed by atoms with Gasteiger partial charge in [-0.25, -0.2) is 4.99 Å². The van der Waals surface area contributed by atoms with Crippen molar-refractivity contribution in [1.29, 1.82) is 0 Å². The maximum absolute atomic E-state index is 12.3. The predicted molar refractivity (Wildman–Crippen MR) is 123 cm³/mol. The van der Waals surface area contributed by atoms with Crippen LogP contribution in [-0.4, -0.2) is 49.4 Å². The van der Waals surface area contributed by atoms with Gasteiger partial charge in [0, 0.05) is 31.3 Å². The number of anilines is 1. The van der Waals surface area contributed by atoms with Gasteiger partial charge in [-0.15, -0.1) is 0 Å². The third-order valence-electron chi connectivity index (χ3n) is 5.19. The first-order chi connectivity index (χ1) is 15.2. The van der Waals surface area contributed by atoms with Crippen molar-refractivity contribution in [2.45, 2.75) is 38.3 Å². The van der Waals surface area contributed by atoms with Crippen LogP contribution in [0.5, 0.6) is 0 Å². The van der Waals surface area contributed by atoms with Crippen LogP contribution in [-0.2, 0) is 16.1 Å². The van der Waals surface area contributed by atoms with Crippen LogP contribution in [0.25, 0.3) is 0 Å². The van der Waals surface area contributed by atoms with Gasteiger partial charge in [0.1, 0.15) is 6.10 Å². The van der Waals surface area contributed by atoms with Gasteiger partial charge in [-0.1, -0.05) is 42.5 Å². The van der Waals surface area contributed by atoms with E-state index in [4.69, 9.17) is 4.74 Å². The molecule has 3 rings (SSSR count). The molecule has 0 saturated carbocycles. The van der Waals surface area contributed by atoms with Crippen molar-refractivity contribution < 1.29 is 14.6 Å². The molecular weight excluding hydrogens is 392 g/mol. The van der Waals surface area contributed by atoms with Crippen molar-refractivity contribution >= 4 is 17.6 Å². The van der Waals surface area contributed by atoms with Crippen LogP contribution in [0.1, 0.15) is 36.8 Å². The first kappa shape index (κ1) is 22.8. The van der Waals surface area contributed by atoms with Crippen LogP contribution in [0.2, 0.25) is 0 Å². The number of aliphatic hydroxyl groups is 1. The molecule has 1 heterocycles. The van der Waals surface area contributed by atoms with E-state index in [1.807, 2.05) is 61.5 Å². The first-order valence-electron chi connectivity index (χ1n) is 10.9. The number of benzene rings is 2. The van der Waals surface area contributed by atoms with Gasteiger partial charge in [-0.05, 0) is 43.0 Å². The van der Waals surface area contributed by atoms with Gasteiger partial charge in [0.15, 0.2) is 5.96 Å². The Morgan fingerprint density at radius 3 is 2.74 bits per heavy atom. The SMILES string of the molecule is CCNC(=NCc1cccc(NC(=O)C2CCCO2)c1)NCC(CO)c1ccccc1. The van der Waals surface area contributed by atoms with E-state index in [0.717, 1.165) is 36.2 Å². The highest BCUT2D eigenvalue weighted by Gasteiger charge is 2.23. The third-order valence-corrected chi connectivity index (χ3v) is 5.19. The number of rotatable bonds is 9. The standard InChI is InChI=1S/C24H32N4O3/c1-2-25-24(27-16-20(17-29)19-9-4-3-5-10-19)26-15-18-8-6-11-21(14-18)28-23(30)22-12-7-13-31-22/h3-6,8-11,14,20,22,29H,2,7,12-13,15-17H2,1H3,(H,28,30)(H2,25,26,27). The maximum Gasteiger partial charge on any atom is 0.253 e. The van der Waals surface area contributed by atoms with E-state index >= 15 is 0 Å². The molecule has 2 unspecified atom stereocenters. The molecule has 7 heteroatoms. The fourth-order valence-electron chi connectivity index (χ4n) is 3.50. The van der Waals surface area contributed by atoms with Crippen molar-refractivity contribution in [1.82, 2.24) is 10.6 Å². The maximum atomic E-state index is 12.3. The van der Waals surface area contributed by atoms with Crippen LogP contribution in [0, 0.1) is 0 Å². The highest BCUT2D eigenvalue weighted by Crippen LogP contribution is 2.17. The minimum Gasteiger partial charge on any atom is -0.396 e. The molecule has 1 aliphatic heterocycles. The second-order valence-electron chi connectivity index (χ2n) is 7.56. The number of hydrogen-bond donors (Lipinski definition) is 4. The molecule has 1 aliphatic rings. The quantitative estimate of drug-likeness (QED) is 0.367. The Kier molecular flexibility index (Phi) is 8.87. The molecular formula is C24H32N4O3. The Morgan fingerprint density at radius 1 is 1.19 bits per heavy atom. The smallest absolute Gasteiger partial charge is 0.253 e. The lowest BCUT2D eigenvalue weighted by atomic mass is 10.0. The molecule has 0 spiro atoms. The summed E-state index contributed by atoms with van der Waals surface area (Å²) < 4.78 is 5.44. The van der Waals surface area contributed by atoms with Crippen LogP contribution >= 0.6 is 0 Å². The van der Waals surface area contributed by atoms with Crippen molar-refractivity contribution in [2.75, 3.05) is 31.6 Å². The number of amides is 1. The van der Waals surface area contributed by atoms with E-state index in [-0.39, 0.29) is 24.5 Å². The van der Waals surface area contributed by atoms with Crippen LogP contribution in [0.3, 0.4) is 0 Å². The van der Waals surface area contributed by atoms with Gasteiger partial charge >= 0.3 is 0 Å². The Labute approximate surface area is 183 Å². The third kappa shape index (κ3) is 7.08. The summed E-state index contributed by atoms with van der Waals surface area (Å²) in [7, 11) is 0. The van der Waals surface area contributed by atoms with Gasteiger partial charge in [-0.2, -0.15) is 0 Å². The molecule has 4 N–H and O–H groups in total. The lowest BCUT2D eigenvalue weighted by molar-refractivity contribution is -0.124. The van der Waals surface area contributed by atoms with Crippen LogP contribution in [0.4, 0.5) is 5.69 Å². The predicted octanol–water partition coefficient (Wildman–Crippen LogP) is 2.64. The summed E-state index contributed by atoms with van der Waals surface area (Å²) in [5, 5.41) is 19.3. The van der Waals surface area contributed by atoms with Crippen molar-refractivity contribution in [2.24, 2.45) is 4.99 Å². The van der Waals surface area contributed by atoms with E-state index in [0.29, 0.717) is 25.7 Å². The van der Waals surface area contributed by atoms with Crippen molar-refractivity contribution in [3.8, 4) is 0 Å². The van der Waals surface area contributed by atoms with E-state index in [1.54, 1.807) is 0 Å². The van der Waals surface area contributed by atoms with Crippen LogP contribution in [0.15, 0.2) is 59.6 Å². The number of hydrogen-bond acceptors (Lipinski definition) is 4. The number of carbonyl (C=O) groups excluding carboxylic acids is 1. The molecule has 2 aromatic rings. The van der Waals surface area contributed by atoms with Crippen molar-refractivity contribution in [3.05, 3.63) is 65.7 Å². The average Bonchev–Trinajstić information content (AvgIpc) is 3.34. The first-order valence-corrected chi connectivity index (χ1v) is 10.9. The molecule has 0 radical (unpaired) electrons. The summed E-state index contributed by atoms with van der Waals surface area (Å²) in [6.45, 7) is 4.49. The highest BCUT2D eigenvalue weighted by molar-refractivity contribution is 5.94. The number of aliphatic hydroxyl groups excluding tert-OH is 1. The van der Waals surface area contributed by atoms with Gasteiger partial charge in [0.05, 0.1) is 13.2 Å². The van der Waals surface area contributed by atoms with Crippen LogP contribution < -0.4 is 16.0 Å². The zero-order valence-corrected chi connectivity index (χ0v) is 18.0. The summed E-state index contributed by atoms with van der Waals surface area (Å²) in [6.07, 6.45) is 1.34. The van der Waals surface area contributed by atoms with E-state index in [1.165, 1.54) is 0 Å².